The zero-order valence-electron chi connectivity index (χ0n) is 14.1. The number of sulfonamides is 1. The molecule has 0 bridgehead atoms. The highest BCUT2D eigenvalue weighted by Crippen LogP contribution is 2.26. The van der Waals surface area contributed by atoms with E-state index in [0.717, 1.165) is 5.56 Å². The number of anilines is 1. The van der Waals surface area contributed by atoms with E-state index in [-0.39, 0.29) is 22.8 Å². The third kappa shape index (κ3) is 4.50. The van der Waals surface area contributed by atoms with Gasteiger partial charge in [-0.05, 0) is 42.8 Å². The van der Waals surface area contributed by atoms with E-state index in [0.29, 0.717) is 10.7 Å². The molecular formula is C17H19ClN2O4S. The van der Waals surface area contributed by atoms with Crippen molar-refractivity contribution < 1.29 is 17.9 Å². The zero-order valence-corrected chi connectivity index (χ0v) is 15.7. The minimum Gasteiger partial charge on any atom is -0.495 e. The van der Waals surface area contributed by atoms with Crippen LogP contribution in [0.15, 0.2) is 41.3 Å². The molecule has 1 amide bonds. The number of nitrogens with one attached hydrogen (secondary N) is 2. The highest BCUT2D eigenvalue weighted by atomic mass is 35.5. The molecule has 6 nitrogen and oxygen atoms in total. The lowest BCUT2D eigenvalue weighted by atomic mass is 10.1. The van der Waals surface area contributed by atoms with Crippen LogP contribution < -0.4 is 14.8 Å². The summed E-state index contributed by atoms with van der Waals surface area (Å²) in [6, 6.07) is 9.37. The Bertz CT molecular complexity index is 898. The second kappa shape index (κ2) is 7.86. The lowest BCUT2D eigenvalue weighted by Gasteiger charge is -2.13. The first kappa shape index (κ1) is 19.2. The fourth-order valence-electron chi connectivity index (χ4n) is 2.22. The van der Waals surface area contributed by atoms with Crippen LogP contribution >= 0.6 is 11.6 Å². The van der Waals surface area contributed by atoms with E-state index in [4.69, 9.17) is 16.3 Å². The van der Waals surface area contributed by atoms with Crippen LogP contribution in [0.3, 0.4) is 0 Å². The van der Waals surface area contributed by atoms with Gasteiger partial charge in [0.25, 0.3) is 5.91 Å². The quantitative estimate of drug-likeness (QED) is 0.803. The molecule has 2 aromatic carbocycles. The molecule has 0 atom stereocenters. The Balaban J connectivity index is 2.39. The van der Waals surface area contributed by atoms with E-state index in [9.17, 15) is 13.2 Å². The first-order chi connectivity index (χ1) is 11.8. The van der Waals surface area contributed by atoms with Crippen molar-refractivity contribution in [1.82, 2.24) is 4.72 Å². The van der Waals surface area contributed by atoms with Gasteiger partial charge in [0.2, 0.25) is 10.0 Å². The maximum atomic E-state index is 12.5. The number of methoxy groups -OCH3 is 1. The Labute approximate surface area is 152 Å². The van der Waals surface area contributed by atoms with Gasteiger partial charge in [-0.15, -0.1) is 0 Å². The average Bonchev–Trinajstić information content (AvgIpc) is 2.57. The third-order valence-corrected chi connectivity index (χ3v) is 5.30. The topological polar surface area (TPSA) is 84.5 Å². The SMILES string of the molecule is CCNS(=O)(=O)c1cc(C(=O)Nc2cc(Cl)ccc2C)ccc1OC. The number of ether oxygens (including phenoxy) is 1. The van der Waals surface area contributed by atoms with Crippen LogP contribution in [-0.4, -0.2) is 28.0 Å². The third-order valence-electron chi connectivity index (χ3n) is 3.50. The molecule has 0 spiro atoms. The normalized spacial score (nSPS) is 11.2. The van der Waals surface area contributed by atoms with Crippen LogP contribution in [-0.2, 0) is 10.0 Å². The Morgan fingerprint density at radius 2 is 1.92 bits per heavy atom. The standard InChI is InChI=1S/C17H19ClN2O4S/c1-4-19-25(22,23)16-9-12(6-8-15(16)24-3)17(21)20-14-10-13(18)7-5-11(14)2/h5-10,19H,4H2,1-3H3,(H,20,21). The van der Waals surface area contributed by atoms with Crippen LogP contribution in [0.1, 0.15) is 22.8 Å². The number of carbonyl (C=O) groups excluding carboxylic acids is 1. The molecule has 0 aromatic heterocycles. The summed E-state index contributed by atoms with van der Waals surface area (Å²) in [7, 11) is -2.40. The molecule has 2 aromatic rings. The number of rotatable bonds is 6. The summed E-state index contributed by atoms with van der Waals surface area (Å²) in [4.78, 5) is 12.4. The van der Waals surface area contributed by atoms with Gasteiger partial charge in [0, 0.05) is 22.8 Å². The van der Waals surface area contributed by atoms with Crippen molar-refractivity contribution >= 4 is 33.2 Å². The van der Waals surface area contributed by atoms with E-state index < -0.39 is 15.9 Å². The van der Waals surface area contributed by atoms with Gasteiger partial charge in [-0.3, -0.25) is 4.79 Å². The summed E-state index contributed by atoms with van der Waals surface area (Å²) in [5.74, 6) is -0.280. The molecule has 0 fully saturated rings. The van der Waals surface area contributed by atoms with Crippen molar-refractivity contribution in [3.8, 4) is 5.75 Å². The maximum absolute atomic E-state index is 12.5. The van der Waals surface area contributed by atoms with Crippen molar-refractivity contribution in [3.05, 3.63) is 52.5 Å². The first-order valence-corrected chi connectivity index (χ1v) is 9.39. The summed E-state index contributed by atoms with van der Waals surface area (Å²) in [6.07, 6.45) is 0. The molecule has 0 aliphatic carbocycles. The van der Waals surface area contributed by atoms with Gasteiger partial charge in [0.05, 0.1) is 7.11 Å². The van der Waals surface area contributed by atoms with Crippen molar-refractivity contribution in [1.29, 1.82) is 0 Å². The van der Waals surface area contributed by atoms with Gasteiger partial charge in [-0.25, -0.2) is 13.1 Å². The van der Waals surface area contributed by atoms with Gasteiger partial charge >= 0.3 is 0 Å². The highest BCUT2D eigenvalue weighted by molar-refractivity contribution is 7.89. The molecule has 0 saturated carbocycles. The predicted molar refractivity (Wildman–Crippen MR) is 98.0 cm³/mol. The lowest BCUT2D eigenvalue weighted by Crippen LogP contribution is -2.24. The van der Waals surface area contributed by atoms with Crippen LogP contribution in [0, 0.1) is 6.92 Å². The summed E-state index contributed by atoms with van der Waals surface area (Å²) in [5, 5.41) is 3.23. The zero-order chi connectivity index (χ0) is 18.6. The number of hydrogen-bond acceptors (Lipinski definition) is 4. The number of benzene rings is 2. The van der Waals surface area contributed by atoms with Crippen LogP contribution in [0.25, 0.3) is 0 Å². The van der Waals surface area contributed by atoms with E-state index in [1.807, 2.05) is 6.92 Å². The molecule has 2 N–H and O–H groups in total. The molecule has 0 aliphatic rings. The van der Waals surface area contributed by atoms with Gasteiger partial charge in [0.15, 0.2) is 0 Å². The summed E-state index contributed by atoms with van der Waals surface area (Å²) < 4.78 is 32.1. The lowest BCUT2D eigenvalue weighted by molar-refractivity contribution is 0.102. The van der Waals surface area contributed by atoms with E-state index >= 15 is 0 Å². The molecular weight excluding hydrogens is 364 g/mol. The monoisotopic (exact) mass is 382 g/mol. The van der Waals surface area contributed by atoms with Crippen LogP contribution in [0.2, 0.25) is 5.02 Å². The van der Waals surface area contributed by atoms with Crippen LogP contribution in [0.4, 0.5) is 5.69 Å². The fourth-order valence-corrected chi connectivity index (χ4v) is 3.63. The fraction of sp³-hybridized carbons (Fsp3) is 0.235. The molecule has 2 rings (SSSR count). The van der Waals surface area contributed by atoms with E-state index in [2.05, 4.69) is 10.0 Å². The number of hydrogen-bond donors (Lipinski definition) is 2. The number of halogens is 1. The summed E-state index contributed by atoms with van der Waals surface area (Å²) in [5.41, 5.74) is 1.59. The molecule has 0 aliphatic heterocycles. The Morgan fingerprint density at radius 1 is 1.20 bits per heavy atom. The van der Waals surface area contributed by atoms with Gasteiger partial charge < -0.3 is 10.1 Å². The van der Waals surface area contributed by atoms with Crippen molar-refractivity contribution in [2.24, 2.45) is 0 Å². The number of amides is 1. The van der Waals surface area contributed by atoms with Crippen LogP contribution in [0.5, 0.6) is 5.75 Å². The number of aryl methyl sites for hydroxylation is 1. The second-order valence-corrected chi connectivity index (χ2v) is 7.45. The Morgan fingerprint density at radius 3 is 2.56 bits per heavy atom. The molecule has 0 heterocycles. The second-order valence-electron chi connectivity index (χ2n) is 5.28. The summed E-state index contributed by atoms with van der Waals surface area (Å²) >= 11 is 5.95. The van der Waals surface area contributed by atoms with E-state index in [1.54, 1.807) is 25.1 Å². The van der Waals surface area contributed by atoms with E-state index in [1.165, 1.54) is 25.3 Å². The average molecular weight is 383 g/mol. The minimum absolute atomic E-state index is 0.0904. The first-order valence-electron chi connectivity index (χ1n) is 7.53. The Hall–Kier alpha value is -2.09. The largest absolute Gasteiger partial charge is 0.495 e. The van der Waals surface area contributed by atoms with Gasteiger partial charge in [-0.1, -0.05) is 24.6 Å². The molecule has 8 heteroatoms. The van der Waals surface area contributed by atoms with Gasteiger partial charge in [0.1, 0.15) is 10.6 Å². The number of carbonyl (C=O) groups is 1. The van der Waals surface area contributed by atoms with Gasteiger partial charge in [-0.2, -0.15) is 0 Å². The smallest absolute Gasteiger partial charge is 0.255 e. The van der Waals surface area contributed by atoms with Crippen molar-refractivity contribution in [3.63, 3.8) is 0 Å². The molecule has 0 unspecified atom stereocenters. The molecule has 134 valence electrons. The Kier molecular flexibility index (Phi) is 6.05. The highest BCUT2D eigenvalue weighted by Gasteiger charge is 2.21. The van der Waals surface area contributed by atoms with Crippen molar-refractivity contribution in [2.75, 3.05) is 19.0 Å². The molecule has 0 saturated heterocycles. The molecule has 0 radical (unpaired) electrons. The predicted octanol–water partition coefficient (Wildman–Crippen LogP) is 3.21. The van der Waals surface area contributed by atoms with Crippen molar-refractivity contribution in [2.45, 2.75) is 18.7 Å². The maximum Gasteiger partial charge on any atom is 0.255 e. The molecule has 25 heavy (non-hydrogen) atoms. The summed E-state index contributed by atoms with van der Waals surface area (Å²) in [6.45, 7) is 3.73. The minimum atomic E-state index is -3.77.